The highest BCUT2D eigenvalue weighted by atomic mass is 15.2. The number of fused-ring (bicyclic) bond motifs is 1. The normalized spacial score (nSPS) is 15.2. The zero-order valence-electron chi connectivity index (χ0n) is 14.7. The molecule has 0 amide bonds. The molecule has 0 aromatic carbocycles. The van der Waals surface area contributed by atoms with Crippen LogP contribution < -0.4 is 0 Å². The van der Waals surface area contributed by atoms with Crippen LogP contribution in [0.25, 0.3) is 0 Å². The van der Waals surface area contributed by atoms with E-state index in [-0.39, 0.29) is 0 Å². The smallest absolute Gasteiger partial charge is 0.0948 e. The van der Waals surface area contributed by atoms with Gasteiger partial charge >= 0.3 is 0 Å². The summed E-state index contributed by atoms with van der Waals surface area (Å²) in [5.74, 6) is 0.635. The fourth-order valence-corrected chi connectivity index (χ4v) is 3.48. The van der Waals surface area contributed by atoms with Crippen LogP contribution in [0.5, 0.6) is 0 Å². The van der Waals surface area contributed by atoms with E-state index in [1.54, 1.807) is 0 Å². The molecule has 0 saturated carbocycles. The molecule has 2 aromatic heterocycles. The van der Waals surface area contributed by atoms with Crippen molar-refractivity contribution in [2.24, 2.45) is 5.92 Å². The number of H-pyrrole nitrogens is 1. The van der Waals surface area contributed by atoms with Gasteiger partial charge in [-0.1, -0.05) is 20.3 Å². The van der Waals surface area contributed by atoms with Gasteiger partial charge in [0, 0.05) is 31.5 Å². The molecule has 2 heterocycles. The SMILES string of the molecule is CC(C)Cn1cncc1CN(C)Cc1n[nH]c2c1CCCCC2. The van der Waals surface area contributed by atoms with E-state index in [1.165, 1.54) is 48.3 Å². The molecular formula is C18H29N5. The molecule has 1 aliphatic carbocycles. The minimum atomic E-state index is 0.635. The Morgan fingerprint density at radius 1 is 1.22 bits per heavy atom. The van der Waals surface area contributed by atoms with E-state index >= 15 is 0 Å². The van der Waals surface area contributed by atoms with Gasteiger partial charge < -0.3 is 4.57 Å². The summed E-state index contributed by atoms with van der Waals surface area (Å²) in [5.41, 5.74) is 5.36. The van der Waals surface area contributed by atoms with Gasteiger partial charge in [-0.25, -0.2) is 4.98 Å². The van der Waals surface area contributed by atoms with Gasteiger partial charge in [0.2, 0.25) is 0 Å². The molecule has 0 fully saturated rings. The lowest BCUT2D eigenvalue weighted by Crippen LogP contribution is -2.21. The number of imidazole rings is 1. The van der Waals surface area contributed by atoms with E-state index in [1.807, 2.05) is 12.5 Å². The summed E-state index contributed by atoms with van der Waals surface area (Å²) in [4.78, 5) is 6.66. The zero-order chi connectivity index (χ0) is 16.2. The van der Waals surface area contributed by atoms with E-state index in [0.29, 0.717) is 5.92 Å². The van der Waals surface area contributed by atoms with Crippen molar-refractivity contribution in [3.63, 3.8) is 0 Å². The van der Waals surface area contributed by atoms with Crippen molar-refractivity contribution in [1.29, 1.82) is 0 Å². The fourth-order valence-electron chi connectivity index (χ4n) is 3.48. The molecule has 1 aliphatic rings. The quantitative estimate of drug-likeness (QED) is 0.833. The molecule has 2 aromatic rings. The lowest BCUT2D eigenvalue weighted by atomic mass is 10.1. The Labute approximate surface area is 139 Å². The molecule has 5 nitrogen and oxygen atoms in total. The van der Waals surface area contributed by atoms with E-state index < -0.39 is 0 Å². The van der Waals surface area contributed by atoms with Crippen LogP contribution in [-0.4, -0.2) is 31.7 Å². The minimum absolute atomic E-state index is 0.635. The molecule has 1 N–H and O–H groups in total. The predicted octanol–water partition coefficient (Wildman–Crippen LogP) is 3.16. The van der Waals surface area contributed by atoms with Gasteiger partial charge in [0.1, 0.15) is 0 Å². The summed E-state index contributed by atoms with van der Waals surface area (Å²) < 4.78 is 2.27. The van der Waals surface area contributed by atoms with E-state index in [0.717, 1.165) is 26.1 Å². The molecule has 0 radical (unpaired) electrons. The first-order chi connectivity index (χ1) is 11.1. The van der Waals surface area contributed by atoms with Crippen molar-refractivity contribution in [2.75, 3.05) is 7.05 Å². The van der Waals surface area contributed by atoms with Gasteiger partial charge in [-0.15, -0.1) is 0 Å². The highest BCUT2D eigenvalue weighted by Crippen LogP contribution is 2.22. The molecule has 0 spiro atoms. The highest BCUT2D eigenvalue weighted by Gasteiger charge is 2.17. The van der Waals surface area contributed by atoms with Crippen LogP contribution in [-0.2, 0) is 32.5 Å². The van der Waals surface area contributed by atoms with Gasteiger partial charge in [-0.3, -0.25) is 10.00 Å². The van der Waals surface area contributed by atoms with Crippen LogP contribution >= 0.6 is 0 Å². The van der Waals surface area contributed by atoms with Crippen LogP contribution in [0.1, 0.15) is 55.8 Å². The van der Waals surface area contributed by atoms with Crippen LogP contribution in [0.4, 0.5) is 0 Å². The topological polar surface area (TPSA) is 49.7 Å². The highest BCUT2D eigenvalue weighted by molar-refractivity contribution is 5.26. The van der Waals surface area contributed by atoms with Crippen LogP contribution in [0, 0.1) is 5.92 Å². The maximum absolute atomic E-state index is 4.59. The monoisotopic (exact) mass is 315 g/mol. The molecule has 0 atom stereocenters. The molecule has 126 valence electrons. The van der Waals surface area contributed by atoms with Gasteiger partial charge in [0.25, 0.3) is 0 Å². The Morgan fingerprint density at radius 2 is 2.04 bits per heavy atom. The number of hydrogen-bond acceptors (Lipinski definition) is 3. The van der Waals surface area contributed by atoms with Crippen molar-refractivity contribution in [3.8, 4) is 0 Å². The standard InChI is InChI=1S/C18H29N5/c1-14(2)10-23-13-19-9-15(23)11-22(3)12-18-16-7-5-4-6-8-17(16)20-21-18/h9,13-14H,4-8,10-12H2,1-3H3,(H,20,21). The first-order valence-electron chi connectivity index (χ1n) is 8.86. The summed E-state index contributed by atoms with van der Waals surface area (Å²) in [7, 11) is 2.17. The predicted molar refractivity (Wildman–Crippen MR) is 92.1 cm³/mol. The minimum Gasteiger partial charge on any atom is -0.333 e. The lowest BCUT2D eigenvalue weighted by molar-refractivity contribution is 0.302. The lowest BCUT2D eigenvalue weighted by Gasteiger charge is -2.18. The van der Waals surface area contributed by atoms with Crippen LogP contribution in [0.2, 0.25) is 0 Å². The van der Waals surface area contributed by atoms with E-state index in [2.05, 4.69) is 45.5 Å². The van der Waals surface area contributed by atoms with Gasteiger partial charge in [0.15, 0.2) is 0 Å². The van der Waals surface area contributed by atoms with E-state index in [4.69, 9.17) is 0 Å². The molecular weight excluding hydrogens is 286 g/mol. The first-order valence-corrected chi connectivity index (χ1v) is 8.86. The van der Waals surface area contributed by atoms with E-state index in [9.17, 15) is 0 Å². The second-order valence-corrected chi connectivity index (χ2v) is 7.29. The number of rotatable bonds is 6. The second kappa shape index (κ2) is 7.30. The second-order valence-electron chi connectivity index (χ2n) is 7.29. The van der Waals surface area contributed by atoms with Crippen molar-refractivity contribution in [3.05, 3.63) is 35.2 Å². The average Bonchev–Trinajstić information content (AvgIpc) is 2.99. The van der Waals surface area contributed by atoms with Crippen molar-refractivity contribution < 1.29 is 0 Å². The third-order valence-electron chi connectivity index (χ3n) is 4.60. The summed E-state index contributed by atoms with van der Waals surface area (Å²) >= 11 is 0. The summed E-state index contributed by atoms with van der Waals surface area (Å²) in [6.45, 7) is 7.33. The third kappa shape index (κ3) is 4.02. The molecule has 5 heteroatoms. The summed E-state index contributed by atoms with van der Waals surface area (Å²) in [5, 5.41) is 7.86. The van der Waals surface area contributed by atoms with Crippen LogP contribution in [0.3, 0.4) is 0 Å². The van der Waals surface area contributed by atoms with Crippen LogP contribution in [0.15, 0.2) is 12.5 Å². The Morgan fingerprint density at radius 3 is 2.87 bits per heavy atom. The number of nitrogens with zero attached hydrogens (tertiary/aromatic N) is 4. The first kappa shape index (κ1) is 16.2. The zero-order valence-corrected chi connectivity index (χ0v) is 14.7. The molecule has 0 aliphatic heterocycles. The molecule has 3 rings (SSSR count). The Bertz CT molecular complexity index is 625. The maximum Gasteiger partial charge on any atom is 0.0948 e. The number of hydrogen-bond donors (Lipinski definition) is 1. The third-order valence-corrected chi connectivity index (χ3v) is 4.60. The Balaban J connectivity index is 1.65. The van der Waals surface area contributed by atoms with Gasteiger partial charge in [-0.05, 0) is 44.2 Å². The van der Waals surface area contributed by atoms with Gasteiger partial charge in [-0.2, -0.15) is 5.10 Å². The maximum atomic E-state index is 4.59. The van der Waals surface area contributed by atoms with Gasteiger partial charge in [0.05, 0.1) is 17.7 Å². The molecule has 0 unspecified atom stereocenters. The summed E-state index contributed by atoms with van der Waals surface area (Å²) in [6.07, 6.45) is 10.2. The van der Waals surface area contributed by atoms with Crippen molar-refractivity contribution in [1.82, 2.24) is 24.6 Å². The number of aromatic nitrogens is 4. The molecule has 0 bridgehead atoms. The largest absolute Gasteiger partial charge is 0.333 e. The molecule has 0 saturated heterocycles. The summed E-state index contributed by atoms with van der Waals surface area (Å²) in [6, 6.07) is 0. The number of aryl methyl sites for hydroxylation is 1. The average molecular weight is 315 g/mol. The molecule has 23 heavy (non-hydrogen) atoms. The van der Waals surface area contributed by atoms with Crippen molar-refractivity contribution in [2.45, 2.75) is 65.6 Å². The fraction of sp³-hybridized carbons (Fsp3) is 0.667. The number of nitrogens with one attached hydrogen (secondary N) is 1. The Kier molecular flexibility index (Phi) is 5.16. The number of aromatic amines is 1. The Hall–Kier alpha value is -1.62. The van der Waals surface area contributed by atoms with Crippen molar-refractivity contribution >= 4 is 0 Å².